The van der Waals surface area contributed by atoms with Crippen LogP contribution in [0.1, 0.15) is 37.6 Å². The van der Waals surface area contributed by atoms with Crippen LogP contribution in [0.4, 0.5) is 0 Å². The fourth-order valence-corrected chi connectivity index (χ4v) is 2.27. The highest BCUT2D eigenvalue weighted by Gasteiger charge is 2.32. The summed E-state index contributed by atoms with van der Waals surface area (Å²) >= 11 is 11.6. The minimum Gasteiger partial charge on any atom is -0.481 e. The molecule has 1 aromatic rings. The number of hydrogen-bond acceptors (Lipinski definition) is 3. The van der Waals surface area contributed by atoms with Crippen molar-refractivity contribution in [2.24, 2.45) is 5.92 Å². The first-order chi connectivity index (χ1) is 11.0. The number of amides is 2. The van der Waals surface area contributed by atoms with Crippen molar-refractivity contribution < 1.29 is 19.5 Å². The molecule has 1 atom stereocenters. The van der Waals surface area contributed by atoms with E-state index in [9.17, 15) is 14.4 Å². The van der Waals surface area contributed by atoms with Crippen LogP contribution in [0.5, 0.6) is 0 Å². The lowest BCUT2D eigenvalue weighted by molar-refractivity contribution is -0.139. The Balaban J connectivity index is 2.65. The number of rotatable bonds is 7. The first kappa shape index (κ1) is 20.3. The highest BCUT2D eigenvalue weighted by molar-refractivity contribution is 6.42. The Kier molecular flexibility index (Phi) is 7.05. The first-order valence-electron chi connectivity index (χ1n) is 7.31. The predicted octanol–water partition coefficient (Wildman–Crippen LogP) is 2.73. The normalized spacial score (nSPS) is 13.2. The van der Waals surface area contributed by atoms with E-state index in [-0.39, 0.29) is 29.5 Å². The molecule has 6 nitrogen and oxygen atoms in total. The van der Waals surface area contributed by atoms with Gasteiger partial charge in [0.15, 0.2) is 0 Å². The van der Waals surface area contributed by atoms with Crippen molar-refractivity contribution in [1.82, 2.24) is 10.6 Å². The zero-order valence-electron chi connectivity index (χ0n) is 13.7. The van der Waals surface area contributed by atoms with E-state index in [0.717, 1.165) is 0 Å². The fraction of sp³-hybridized carbons (Fsp3) is 0.438. The molecule has 1 aromatic carbocycles. The Morgan fingerprint density at radius 2 is 1.83 bits per heavy atom. The van der Waals surface area contributed by atoms with Crippen molar-refractivity contribution in [1.29, 1.82) is 0 Å². The van der Waals surface area contributed by atoms with Gasteiger partial charge in [0.2, 0.25) is 5.91 Å². The molecule has 0 aliphatic rings. The zero-order valence-corrected chi connectivity index (χ0v) is 15.2. The predicted molar refractivity (Wildman–Crippen MR) is 92.4 cm³/mol. The summed E-state index contributed by atoms with van der Waals surface area (Å²) in [5.41, 5.74) is -0.633. The van der Waals surface area contributed by atoms with Gasteiger partial charge in [-0.2, -0.15) is 0 Å². The van der Waals surface area contributed by atoms with Gasteiger partial charge in [-0.1, -0.05) is 37.0 Å². The summed E-state index contributed by atoms with van der Waals surface area (Å²) in [6, 6.07) is 4.38. The molecule has 0 aliphatic heterocycles. The third-order valence-corrected chi connectivity index (χ3v) is 4.55. The van der Waals surface area contributed by atoms with Crippen LogP contribution >= 0.6 is 23.2 Å². The molecule has 1 unspecified atom stereocenters. The van der Waals surface area contributed by atoms with E-state index in [1.54, 1.807) is 6.92 Å². The molecule has 3 N–H and O–H groups in total. The van der Waals surface area contributed by atoms with E-state index >= 15 is 0 Å². The number of halogens is 2. The first-order valence-corrected chi connectivity index (χ1v) is 8.07. The van der Waals surface area contributed by atoms with Crippen LogP contribution in [0, 0.1) is 5.92 Å². The molecule has 0 fully saturated rings. The van der Waals surface area contributed by atoms with Crippen LogP contribution in [-0.4, -0.2) is 35.0 Å². The van der Waals surface area contributed by atoms with Crippen LogP contribution in [0.3, 0.4) is 0 Å². The van der Waals surface area contributed by atoms with Crippen molar-refractivity contribution in [2.75, 3.05) is 6.54 Å². The second-order valence-corrected chi connectivity index (χ2v) is 6.82. The number of nitrogens with one attached hydrogen (secondary N) is 2. The summed E-state index contributed by atoms with van der Waals surface area (Å²) < 4.78 is 0. The van der Waals surface area contributed by atoms with E-state index < -0.39 is 23.3 Å². The number of hydrogen-bond donors (Lipinski definition) is 3. The SMILES string of the molecule is CC(C)C(C)(CC(=O)O)NC(=O)CNC(=O)c1ccc(Cl)c(Cl)c1. The molecule has 0 aliphatic carbocycles. The standard InChI is InChI=1S/C16H20Cl2N2O4/c1-9(2)16(3,7-14(22)23)20-13(21)8-19-15(24)10-4-5-11(17)12(18)6-10/h4-6,9H,7-8H2,1-3H3,(H,19,24)(H,20,21)(H,22,23). The lowest BCUT2D eigenvalue weighted by atomic mass is 9.85. The summed E-state index contributed by atoms with van der Waals surface area (Å²) in [6.07, 6.45) is -0.211. The van der Waals surface area contributed by atoms with Crippen LogP contribution in [0.2, 0.25) is 10.0 Å². The van der Waals surface area contributed by atoms with E-state index in [0.29, 0.717) is 5.02 Å². The second kappa shape index (κ2) is 8.35. The summed E-state index contributed by atoms with van der Waals surface area (Å²) in [7, 11) is 0. The molecule has 0 spiro atoms. The Bertz CT molecular complexity index is 649. The summed E-state index contributed by atoms with van der Waals surface area (Å²) in [6.45, 7) is 5.01. The minimum absolute atomic E-state index is 0.0941. The van der Waals surface area contributed by atoms with E-state index in [1.165, 1.54) is 18.2 Å². The van der Waals surface area contributed by atoms with Gasteiger partial charge in [0.05, 0.1) is 28.5 Å². The Morgan fingerprint density at radius 3 is 2.33 bits per heavy atom. The quantitative estimate of drug-likeness (QED) is 0.683. The number of benzene rings is 1. The van der Waals surface area contributed by atoms with Crippen LogP contribution in [0.15, 0.2) is 18.2 Å². The smallest absolute Gasteiger partial charge is 0.305 e. The second-order valence-electron chi connectivity index (χ2n) is 6.00. The number of carbonyl (C=O) groups excluding carboxylic acids is 2. The molecular formula is C16H20Cl2N2O4. The molecule has 0 saturated carbocycles. The molecule has 0 saturated heterocycles. The van der Waals surface area contributed by atoms with E-state index in [2.05, 4.69) is 10.6 Å². The van der Waals surface area contributed by atoms with Gasteiger partial charge in [0, 0.05) is 5.56 Å². The fourth-order valence-electron chi connectivity index (χ4n) is 1.97. The zero-order chi connectivity index (χ0) is 18.5. The van der Waals surface area contributed by atoms with Crippen molar-refractivity contribution in [3.05, 3.63) is 33.8 Å². The molecule has 8 heteroatoms. The van der Waals surface area contributed by atoms with Gasteiger partial charge in [0.25, 0.3) is 5.91 Å². The van der Waals surface area contributed by atoms with Crippen LogP contribution in [-0.2, 0) is 9.59 Å². The molecule has 0 aromatic heterocycles. The van der Waals surface area contributed by atoms with Gasteiger partial charge < -0.3 is 15.7 Å². The minimum atomic E-state index is -1.01. The van der Waals surface area contributed by atoms with Gasteiger partial charge in [0.1, 0.15) is 0 Å². The third-order valence-electron chi connectivity index (χ3n) is 3.81. The average molecular weight is 375 g/mol. The van der Waals surface area contributed by atoms with Crippen molar-refractivity contribution in [2.45, 2.75) is 32.7 Å². The largest absolute Gasteiger partial charge is 0.481 e. The number of carboxylic acids is 1. The molecule has 0 heterocycles. The number of carboxylic acid groups (broad SMARTS) is 1. The Labute approximate surface area is 150 Å². The highest BCUT2D eigenvalue weighted by atomic mass is 35.5. The lowest BCUT2D eigenvalue weighted by Crippen LogP contribution is -2.53. The molecule has 1 rings (SSSR count). The average Bonchev–Trinajstić information content (AvgIpc) is 2.46. The molecule has 0 bridgehead atoms. The van der Waals surface area contributed by atoms with Crippen molar-refractivity contribution in [3.8, 4) is 0 Å². The maximum atomic E-state index is 12.0. The van der Waals surface area contributed by atoms with Crippen molar-refractivity contribution >= 4 is 41.0 Å². The Hall–Kier alpha value is -1.79. The maximum absolute atomic E-state index is 12.0. The summed E-state index contributed by atoms with van der Waals surface area (Å²) in [5, 5.41) is 14.7. The molecule has 132 valence electrons. The monoisotopic (exact) mass is 374 g/mol. The third kappa shape index (κ3) is 5.69. The lowest BCUT2D eigenvalue weighted by Gasteiger charge is -2.33. The Morgan fingerprint density at radius 1 is 1.21 bits per heavy atom. The van der Waals surface area contributed by atoms with Crippen molar-refractivity contribution in [3.63, 3.8) is 0 Å². The molecule has 2 amide bonds. The van der Waals surface area contributed by atoms with Crippen LogP contribution < -0.4 is 10.6 Å². The van der Waals surface area contributed by atoms with E-state index in [4.69, 9.17) is 28.3 Å². The van der Waals surface area contributed by atoms with Gasteiger partial charge in [-0.05, 0) is 31.0 Å². The van der Waals surface area contributed by atoms with Gasteiger partial charge >= 0.3 is 5.97 Å². The van der Waals surface area contributed by atoms with Gasteiger partial charge in [-0.15, -0.1) is 0 Å². The highest BCUT2D eigenvalue weighted by Crippen LogP contribution is 2.22. The topological polar surface area (TPSA) is 95.5 Å². The van der Waals surface area contributed by atoms with E-state index in [1.807, 2.05) is 13.8 Å². The summed E-state index contributed by atoms with van der Waals surface area (Å²) in [5.74, 6) is -2.05. The maximum Gasteiger partial charge on any atom is 0.305 e. The van der Waals surface area contributed by atoms with Crippen LogP contribution in [0.25, 0.3) is 0 Å². The number of aliphatic carboxylic acids is 1. The summed E-state index contributed by atoms with van der Waals surface area (Å²) in [4.78, 5) is 35.0. The number of carbonyl (C=O) groups is 3. The van der Waals surface area contributed by atoms with Gasteiger partial charge in [-0.3, -0.25) is 14.4 Å². The molecule has 0 radical (unpaired) electrons. The van der Waals surface area contributed by atoms with Gasteiger partial charge in [-0.25, -0.2) is 0 Å². The molecule has 24 heavy (non-hydrogen) atoms. The molecular weight excluding hydrogens is 355 g/mol.